The summed E-state index contributed by atoms with van der Waals surface area (Å²) in [6.45, 7) is 1.13. The topological polar surface area (TPSA) is 49.4 Å². The van der Waals surface area contributed by atoms with E-state index in [2.05, 4.69) is 5.32 Å². The smallest absolute Gasteiger partial charge is 0.252 e. The molecular formula is C12H18F2N2O2S. The largest absolute Gasteiger partial charge is 0.313 e. The lowest BCUT2D eigenvalue weighted by Crippen LogP contribution is -2.31. The molecule has 0 bridgehead atoms. The number of halogens is 2. The first-order valence-corrected chi connectivity index (χ1v) is 7.24. The summed E-state index contributed by atoms with van der Waals surface area (Å²) in [6, 6.07) is 6.30. The van der Waals surface area contributed by atoms with Crippen molar-refractivity contribution in [1.82, 2.24) is 9.62 Å². The van der Waals surface area contributed by atoms with Crippen LogP contribution in [0.25, 0.3) is 0 Å². The molecule has 4 nitrogen and oxygen atoms in total. The summed E-state index contributed by atoms with van der Waals surface area (Å²) in [5, 5.41) is 3.03. The minimum absolute atomic E-state index is 0.0164. The number of nitrogens with zero attached hydrogens (tertiary/aromatic N) is 1. The Kier molecular flexibility index (Phi) is 5.39. The molecule has 0 saturated heterocycles. The van der Waals surface area contributed by atoms with E-state index in [0.29, 0.717) is 4.31 Å². The number of hydrogen-bond donors (Lipinski definition) is 1. The van der Waals surface area contributed by atoms with Gasteiger partial charge in [0.1, 0.15) is 0 Å². The summed E-state index contributed by atoms with van der Waals surface area (Å²) in [5.41, 5.74) is 0.929. The Morgan fingerprint density at radius 3 is 2.21 bits per heavy atom. The Balaban J connectivity index is 2.96. The number of benzene rings is 1. The lowest BCUT2D eigenvalue weighted by atomic mass is 10.1. The molecule has 0 amide bonds. The molecule has 1 N–H and O–H groups in total. The van der Waals surface area contributed by atoms with Gasteiger partial charge in [0, 0.05) is 13.1 Å². The zero-order valence-corrected chi connectivity index (χ0v) is 11.9. The van der Waals surface area contributed by atoms with Crippen LogP contribution in [-0.4, -0.2) is 39.8 Å². The van der Waals surface area contributed by atoms with Crippen LogP contribution in [0.4, 0.5) is 8.78 Å². The van der Waals surface area contributed by atoms with E-state index in [9.17, 15) is 17.2 Å². The summed E-state index contributed by atoms with van der Waals surface area (Å²) in [4.78, 5) is 0.0164. The lowest BCUT2D eigenvalue weighted by Gasteiger charge is -2.17. The first-order chi connectivity index (χ1) is 8.78. The van der Waals surface area contributed by atoms with E-state index >= 15 is 0 Å². The fraction of sp³-hybridized carbons (Fsp3) is 0.500. The van der Waals surface area contributed by atoms with E-state index in [1.165, 1.54) is 12.1 Å². The van der Waals surface area contributed by atoms with E-state index in [0.717, 1.165) is 12.6 Å². The lowest BCUT2D eigenvalue weighted by molar-refractivity contribution is 0.126. The SMILES string of the molecule is CNC(C)c1ccc(S(=O)(=O)N(C)CC(F)F)cc1. The van der Waals surface area contributed by atoms with Gasteiger partial charge in [-0.2, -0.15) is 4.31 Å². The monoisotopic (exact) mass is 292 g/mol. The zero-order valence-electron chi connectivity index (χ0n) is 11.1. The van der Waals surface area contributed by atoms with Gasteiger partial charge in [0.15, 0.2) is 0 Å². The van der Waals surface area contributed by atoms with Crippen LogP contribution >= 0.6 is 0 Å². The first kappa shape index (κ1) is 16.0. The first-order valence-electron chi connectivity index (χ1n) is 5.80. The Bertz CT molecular complexity index is 503. The Morgan fingerprint density at radius 2 is 1.79 bits per heavy atom. The van der Waals surface area contributed by atoms with Gasteiger partial charge in [-0.05, 0) is 31.7 Å². The molecule has 7 heteroatoms. The number of alkyl halides is 2. The number of sulfonamides is 1. The van der Waals surface area contributed by atoms with Crippen molar-refractivity contribution in [1.29, 1.82) is 0 Å². The zero-order chi connectivity index (χ0) is 14.6. The van der Waals surface area contributed by atoms with Gasteiger partial charge in [0.2, 0.25) is 10.0 Å². The molecule has 1 rings (SSSR count). The minimum Gasteiger partial charge on any atom is -0.313 e. The van der Waals surface area contributed by atoms with Crippen LogP contribution in [0.3, 0.4) is 0 Å². The quantitative estimate of drug-likeness (QED) is 0.870. The molecule has 1 unspecified atom stereocenters. The minimum atomic E-state index is -3.85. The third-order valence-electron chi connectivity index (χ3n) is 2.92. The molecule has 0 heterocycles. The maximum absolute atomic E-state index is 12.2. The highest BCUT2D eigenvalue weighted by molar-refractivity contribution is 7.89. The second kappa shape index (κ2) is 6.40. The second-order valence-corrected chi connectivity index (χ2v) is 6.30. The summed E-state index contributed by atoms with van der Waals surface area (Å²) in [5.74, 6) is 0. The Morgan fingerprint density at radius 1 is 1.26 bits per heavy atom. The summed E-state index contributed by atoms with van der Waals surface area (Å²) in [7, 11) is -0.908. The fourth-order valence-electron chi connectivity index (χ4n) is 1.57. The fourth-order valence-corrected chi connectivity index (χ4v) is 2.72. The molecular weight excluding hydrogens is 274 g/mol. The highest BCUT2D eigenvalue weighted by Gasteiger charge is 2.23. The third-order valence-corrected chi connectivity index (χ3v) is 4.75. The van der Waals surface area contributed by atoms with Gasteiger partial charge < -0.3 is 5.32 Å². The average Bonchev–Trinajstić information content (AvgIpc) is 2.37. The van der Waals surface area contributed by atoms with Crippen molar-refractivity contribution >= 4 is 10.0 Å². The van der Waals surface area contributed by atoms with Crippen molar-refractivity contribution < 1.29 is 17.2 Å². The van der Waals surface area contributed by atoms with Crippen LogP contribution in [0.5, 0.6) is 0 Å². The number of hydrogen-bond acceptors (Lipinski definition) is 3. The van der Waals surface area contributed by atoms with E-state index in [1.807, 2.05) is 6.92 Å². The van der Waals surface area contributed by atoms with Crippen LogP contribution < -0.4 is 5.32 Å². The van der Waals surface area contributed by atoms with Crippen molar-refractivity contribution in [2.24, 2.45) is 0 Å². The van der Waals surface area contributed by atoms with Crippen molar-refractivity contribution in [2.45, 2.75) is 24.3 Å². The van der Waals surface area contributed by atoms with Gasteiger partial charge in [-0.15, -0.1) is 0 Å². The number of rotatable bonds is 6. The summed E-state index contributed by atoms with van der Waals surface area (Å²) < 4.78 is 49.1. The van der Waals surface area contributed by atoms with Crippen molar-refractivity contribution in [3.63, 3.8) is 0 Å². The van der Waals surface area contributed by atoms with Crippen molar-refractivity contribution in [2.75, 3.05) is 20.6 Å². The van der Waals surface area contributed by atoms with Gasteiger partial charge in [-0.25, -0.2) is 17.2 Å². The van der Waals surface area contributed by atoms with Gasteiger partial charge in [-0.3, -0.25) is 0 Å². The van der Waals surface area contributed by atoms with Crippen molar-refractivity contribution in [3.8, 4) is 0 Å². The maximum Gasteiger partial charge on any atom is 0.252 e. The Hall–Kier alpha value is -1.05. The molecule has 0 saturated carbocycles. The van der Waals surface area contributed by atoms with Crippen LogP contribution in [0.15, 0.2) is 29.2 Å². The molecule has 108 valence electrons. The van der Waals surface area contributed by atoms with E-state index < -0.39 is 23.0 Å². The molecule has 0 aromatic heterocycles. The highest BCUT2D eigenvalue weighted by Crippen LogP contribution is 2.19. The molecule has 0 spiro atoms. The molecule has 0 aliphatic heterocycles. The summed E-state index contributed by atoms with van der Waals surface area (Å²) >= 11 is 0. The molecule has 0 aliphatic rings. The van der Waals surface area contributed by atoms with Crippen LogP contribution in [-0.2, 0) is 10.0 Å². The molecule has 1 atom stereocenters. The Labute approximate surface area is 112 Å². The van der Waals surface area contributed by atoms with Crippen LogP contribution in [0.1, 0.15) is 18.5 Å². The predicted molar refractivity (Wildman–Crippen MR) is 69.7 cm³/mol. The standard InChI is InChI=1S/C12H18F2N2O2S/c1-9(15-2)10-4-6-11(7-5-10)19(17,18)16(3)8-12(13)14/h4-7,9,12,15H,8H2,1-3H3. The van der Waals surface area contributed by atoms with E-state index in [4.69, 9.17) is 0 Å². The predicted octanol–water partition coefficient (Wildman–Crippen LogP) is 1.85. The van der Waals surface area contributed by atoms with Gasteiger partial charge in [-0.1, -0.05) is 12.1 Å². The molecule has 19 heavy (non-hydrogen) atoms. The molecule has 1 aromatic carbocycles. The van der Waals surface area contributed by atoms with Gasteiger partial charge in [0.25, 0.3) is 6.43 Å². The van der Waals surface area contributed by atoms with Crippen LogP contribution in [0.2, 0.25) is 0 Å². The maximum atomic E-state index is 12.2. The molecule has 0 radical (unpaired) electrons. The summed E-state index contributed by atoms with van der Waals surface area (Å²) in [6.07, 6.45) is -2.69. The third kappa shape index (κ3) is 3.95. The van der Waals surface area contributed by atoms with Gasteiger partial charge in [0.05, 0.1) is 11.4 Å². The molecule has 0 aliphatic carbocycles. The molecule has 1 aromatic rings. The number of nitrogens with one attached hydrogen (secondary N) is 1. The van der Waals surface area contributed by atoms with Crippen LogP contribution in [0, 0.1) is 0 Å². The van der Waals surface area contributed by atoms with E-state index in [-0.39, 0.29) is 10.9 Å². The average molecular weight is 292 g/mol. The second-order valence-electron chi connectivity index (χ2n) is 4.26. The highest BCUT2D eigenvalue weighted by atomic mass is 32.2. The normalized spacial score (nSPS) is 14.1. The van der Waals surface area contributed by atoms with Crippen molar-refractivity contribution in [3.05, 3.63) is 29.8 Å². The van der Waals surface area contributed by atoms with E-state index in [1.54, 1.807) is 19.2 Å². The molecule has 0 fully saturated rings. The van der Waals surface area contributed by atoms with Gasteiger partial charge >= 0.3 is 0 Å².